The molecule has 6 heteroatoms. The number of pyridine rings is 1. The summed E-state index contributed by atoms with van der Waals surface area (Å²) in [5.41, 5.74) is 1.38. The highest BCUT2D eigenvalue weighted by Crippen LogP contribution is 2.30. The number of rotatable bonds is 4. The molecule has 0 bridgehead atoms. The fraction of sp³-hybridized carbons (Fsp3) is 0.235. The molecular formula is C17H17N3O3. The van der Waals surface area contributed by atoms with Crippen LogP contribution in [0.15, 0.2) is 47.8 Å². The monoisotopic (exact) mass is 311 g/mol. The summed E-state index contributed by atoms with van der Waals surface area (Å²) in [6.45, 7) is 1.94. The highest BCUT2D eigenvalue weighted by molar-refractivity contribution is 5.81. The number of hydrogen-bond acceptors (Lipinski definition) is 5. The lowest BCUT2D eigenvalue weighted by Crippen LogP contribution is -2.24. The van der Waals surface area contributed by atoms with Crippen molar-refractivity contribution in [2.45, 2.75) is 13.0 Å². The van der Waals surface area contributed by atoms with Crippen molar-refractivity contribution in [3.05, 3.63) is 58.9 Å². The minimum absolute atomic E-state index is 0.132. The first-order valence-corrected chi connectivity index (χ1v) is 7.18. The van der Waals surface area contributed by atoms with Gasteiger partial charge in [-0.25, -0.2) is 4.98 Å². The van der Waals surface area contributed by atoms with Gasteiger partial charge >= 0.3 is 0 Å². The third kappa shape index (κ3) is 2.63. The van der Waals surface area contributed by atoms with Crippen LogP contribution < -0.4 is 15.0 Å². The zero-order chi connectivity index (χ0) is 16.4. The molecule has 0 saturated carbocycles. The fourth-order valence-electron chi connectivity index (χ4n) is 2.52. The van der Waals surface area contributed by atoms with E-state index in [1.54, 1.807) is 42.5 Å². The van der Waals surface area contributed by atoms with Crippen LogP contribution in [0.4, 0.5) is 0 Å². The predicted molar refractivity (Wildman–Crippen MR) is 87.2 cm³/mol. The van der Waals surface area contributed by atoms with Gasteiger partial charge in [-0.1, -0.05) is 6.07 Å². The largest absolute Gasteiger partial charge is 0.493 e. The molecule has 0 radical (unpaired) electrons. The zero-order valence-electron chi connectivity index (χ0n) is 13.2. The van der Waals surface area contributed by atoms with Crippen LogP contribution in [0.5, 0.6) is 11.5 Å². The molecule has 0 aliphatic rings. The highest BCUT2D eigenvalue weighted by Gasteiger charge is 2.15. The lowest BCUT2D eigenvalue weighted by Gasteiger charge is -2.16. The van der Waals surface area contributed by atoms with Crippen molar-refractivity contribution in [3.8, 4) is 11.5 Å². The molecule has 118 valence electrons. The summed E-state index contributed by atoms with van der Waals surface area (Å²) in [4.78, 5) is 21.3. The Balaban J connectivity index is 2.17. The SMILES string of the molecule is COc1cc2ncn(C(C)c3cccnc3)c(=O)c2cc1OC. The van der Waals surface area contributed by atoms with Crippen LogP contribution in [-0.4, -0.2) is 28.8 Å². The average Bonchev–Trinajstić information content (AvgIpc) is 2.61. The van der Waals surface area contributed by atoms with Crippen molar-refractivity contribution in [3.63, 3.8) is 0 Å². The summed E-state index contributed by atoms with van der Waals surface area (Å²) in [5.74, 6) is 1.05. The maximum Gasteiger partial charge on any atom is 0.261 e. The molecule has 1 atom stereocenters. The third-order valence-corrected chi connectivity index (χ3v) is 3.87. The van der Waals surface area contributed by atoms with E-state index in [0.717, 1.165) is 5.56 Å². The minimum Gasteiger partial charge on any atom is -0.493 e. The Hall–Kier alpha value is -2.89. The molecule has 1 aromatic carbocycles. The number of nitrogens with zero attached hydrogens (tertiary/aromatic N) is 3. The van der Waals surface area contributed by atoms with Gasteiger partial charge in [0.1, 0.15) is 0 Å². The van der Waals surface area contributed by atoms with Crippen molar-refractivity contribution in [1.82, 2.24) is 14.5 Å². The van der Waals surface area contributed by atoms with E-state index in [2.05, 4.69) is 9.97 Å². The maximum atomic E-state index is 12.8. The smallest absolute Gasteiger partial charge is 0.261 e. The normalized spacial score (nSPS) is 12.1. The number of ether oxygens (including phenoxy) is 2. The zero-order valence-corrected chi connectivity index (χ0v) is 13.2. The molecule has 0 aliphatic heterocycles. The molecule has 1 unspecified atom stereocenters. The summed E-state index contributed by atoms with van der Waals surface area (Å²) >= 11 is 0. The van der Waals surface area contributed by atoms with Gasteiger partial charge in [0.05, 0.1) is 37.5 Å². The third-order valence-electron chi connectivity index (χ3n) is 3.87. The van der Waals surface area contributed by atoms with Gasteiger partial charge < -0.3 is 9.47 Å². The van der Waals surface area contributed by atoms with Crippen LogP contribution in [0, 0.1) is 0 Å². The van der Waals surface area contributed by atoms with Crippen molar-refractivity contribution < 1.29 is 9.47 Å². The van der Waals surface area contributed by atoms with Crippen LogP contribution in [-0.2, 0) is 0 Å². The molecule has 0 saturated heterocycles. The second kappa shape index (κ2) is 6.08. The lowest BCUT2D eigenvalue weighted by molar-refractivity contribution is 0.355. The van der Waals surface area contributed by atoms with Gasteiger partial charge in [0.15, 0.2) is 11.5 Å². The van der Waals surface area contributed by atoms with E-state index < -0.39 is 0 Å². The van der Waals surface area contributed by atoms with Crippen LogP contribution in [0.2, 0.25) is 0 Å². The molecule has 0 amide bonds. The molecule has 0 N–H and O–H groups in total. The Bertz CT molecular complexity index is 891. The molecule has 23 heavy (non-hydrogen) atoms. The maximum absolute atomic E-state index is 12.8. The van der Waals surface area contributed by atoms with E-state index in [-0.39, 0.29) is 11.6 Å². The Morgan fingerprint density at radius 2 is 1.91 bits per heavy atom. The van der Waals surface area contributed by atoms with Gasteiger partial charge in [-0.3, -0.25) is 14.3 Å². The number of aromatic nitrogens is 3. The molecule has 0 spiro atoms. The van der Waals surface area contributed by atoms with E-state index >= 15 is 0 Å². The van der Waals surface area contributed by atoms with E-state index in [9.17, 15) is 4.79 Å². The van der Waals surface area contributed by atoms with Gasteiger partial charge in [-0.05, 0) is 24.6 Å². The van der Waals surface area contributed by atoms with E-state index in [4.69, 9.17) is 9.47 Å². The Morgan fingerprint density at radius 1 is 1.17 bits per heavy atom. The van der Waals surface area contributed by atoms with Gasteiger partial charge in [-0.2, -0.15) is 0 Å². The van der Waals surface area contributed by atoms with Gasteiger partial charge in [0.2, 0.25) is 0 Å². The van der Waals surface area contributed by atoms with E-state index in [0.29, 0.717) is 22.4 Å². The number of hydrogen-bond donors (Lipinski definition) is 0. The Labute approximate surface area is 133 Å². The molecule has 0 fully saturated rings. The van der Waals surface area contributed by atoms with E-state index in [1.165, 1.54) is 7.11 Å². The van der Waals surface area contributed by atoms with Crippen molar-refractivity contribution >= 4 is 10.9 Å². The lowest BCUT2D eigenvalue weighted by atomic mass is 10.1. The summed E-state index contributed by atoms with van der Waals surface area (Å²) in [7, 11) is 3.09. The predicted octanol–water partition coefficient (Wildman–Crippen LogP) is 2.42. The topological polar surface area (TPSA) is 66.2 Å². The van der Waals surface area contributed by atoms with Gasteiger partial charge in [0.25, 0.3) is 5.56 Å². The molecule has 6 nitrogen and oxygen atoms in total. The second-order valence-corrected chi connectivity index (χ2v) is 5.14. The van der Waals surface area contributed by atoms with Crippen molar-refractivity contribution in [2.24, 2.45) is 0 Å². The first kappa shape index (κ1) is 15.0. The molecule has 0 aliphatic carbocycles. The summed E-state index contributed by atoms with van der Waals surface area (Å²) in [5, 5.41) is 0.487. The number of methoxy groups -OCH3 is 2. The van der Waals surface area contributed by atoms with Crippen molar-refractivity contribution in [2.75, 3.05) is 14.2 Å². The van der Waals surface area contributed by atoms with Crippen molar-refractivity contribution in [1.29, 1.82) is 0 Å². The summed E-state index contributed by atoms with van der Waals surface area (Å²) in [6, 6.07) is 6.98. The van der Waals surface area contributed by atoms with Crippen LogP contribution in [0.25, 0.3) is 10.9 Å². The first-order valence-electron chi connectivity index (χ1n) is 7.18. The summed E-state index contributed by atoms with van der Waals surface area (Å²) < 4.78 is 12.1. The second-order valence-electron chi connectivity index (χ2n) is 5.14. The molecular weight excluding hydrogens is 294 g/mol. The molecule has 3 aromatic rings. The van der Waals surface area contributed by atoms with Gasteiger partial charge in [-0.15, -0.1) is 0 Å². The fourth-order valence-corrected chi connectivity index (χ4v) is 2.52. The van der Waals surface area contributed by atoms with Crippen LogP contribution in [0.3, 0.4) is 0 Å². The average molecular weight is 311 g/mol. The van der Waals surface area contributed by atoms with Crippen LogP contribution in [0.1, 0.15) is 18.5 Å². The number of benzene rings is 1. The minimum atomic E-state index is -0.166. The Kier molecular flexibility index (Phi) is 3.97. The Morgan fingerprint density at radius 3 is 2.57 bits per heavy atom. The molecule has 2 aromatic heterocycles. The summed E-state index contributed by atoms with van der Waals surface area (Å²) in [6.07, 6.45) is 5.00. The molecule has 3 rings (SSSR count). The van der Waals surface area contributed by atoms with E-state index in [1.807, 2.05) is 19.1 Å². The first-order chi connectivity index (χ1) is 11.2. The standard InChI is InChI=1S/C17H17N3O3/c1-11(12-5-4-6-18-9-12)20-10-19-14-8-16(23-3)15(22-2)7-13(14)17(20)21/h4-11H,1-3H3. The molecule has 2 heterocycles. The quantitative estimate of drug-likeness (QED) is 0.740. The van der Waals surface area contributed by atoms with Gasteiger partial charge in [0, 0.05) is 18.5 Å². The highest BCUT2D eigenvalue weighted by atomic mass is 16.5. The van der Waals surface area contributed by atoms with Crippen LogP contribution >= 0.6 is 0 Å². The number of fused-ring (bicyclic) bond motifs is 1.